The van der Waals surface area contributed by atoms with Gasteiger partial charge in [0.1, 0.15) is 0 Å². The third-order valence-electron chi connectivity index (χ3n) is 5.31. The van der Waals surface area contributed by atoms with E-state index in [1.807, 2.05) is 49.4 Å². The van der Waals surface area contributed by atoms with Crippen molar-refractivity contribution in [1.29, 1.82) is 0 Å². The summed E-state index contributed by atoms with van der Waals surface area (Å²) >= 11 is 7.69. The maximum atomic E-state index is 13.1. The number of aromatic amines is 1. The first-order chi connectivity index (χ1) is 15.1. The first-order valence-electron chi connectivity index (χ1n) is 9.90. The summed E-state index contributed by atoms with van der Waals surface area (Å²) in [5, 5.41) is 8.92. The number of ether oxygens (including phenoxy) is 1. The second-order valence-corrected chi connectivity index (χ2v) is 8.61. The number of hydrogen-bond donors (Lipinski definition) is 1. The quantitative estimate of drug-likeness (QED) is 0.524. The molecule has 8 heteroatoms. The van der Waals surface area contributed by atoms with Gasteiger partial charge in [0.25, 0.3) is 0 Å². The number of carbonyl (C=O) groups excluding carboxylic acids is 1. The number of carbonyl (C=O) groups is 1. The second-order valence-electron chi connectivity index (χ2n) is 7.16. The summed E-state index contributed by atoms with van der Waals surface area (Å²) in [5.41, 5.74) is 4.80. The first-order valence-corrected chi connectivity index (χ1v) is 11.1. The molecule has 2 aromatic carbocycles. The lowest BCUT2D eigenvalue weighted by molar-refractivity contribution is -0.138. The van der Waals surface area contributed by atoms with E-state index in [2.05, 4.69) is 21.2 Å². The molecule has 1 aromatic heterocycles. The highest BCUT2D eigenvalue weighted by Crippen LogP contribution is 2.50. The Morgan fingerprint density at radius 1 is 1.23 bits per heavy atom. The summed E-state index contributed by atoms with van der Waals surface area (Å²) in [6, 6.07) is 15.2. The Hall–Kier alpha value is -3.03. The van der Waals surface area contributed by atoms with Crippen LogP contribution in [0.5, 0.6) is 0 Å². The minimum absolute atomic E-state index is 0.291. The van der Waals surface area contributed by atoms with Crippen LogP contribution in [0.4, 0.5) is 5.69 Å². The van der Waals surface area contributed by atoms with Crippen LogP contribution in [-0.2, 0) is 9.53 Å². The van der Waals surface area contributed by atoms with Crippen molar-refractivity contribution in [3.8, 4) is 11.3 Å². The van der Waals surface area contributed by atoms with Gasteiger partial charge in [0.2, 0.25) is 0 Å². The van der Waals surface area contributed by atoms with Gasteiger partial charge in [0.05, 0.1) is 41.5 Å². The average Bonchev–Trinajstić information content (AvgIpc) is 3.38. The number of aliphatic imine (C=N–C) groups is 1. The molecular weight excluding hydrogens is 432 g/mol. The van der Waals surface area contributed by atoms with E-state index in [0.29, 0.717) is 22.9 Å². The van der Waals surface area contributed by atoms with Gasteiger partial charge >= 0.3 is 5.97 Å². The summed E-state index contributed by atoms with van der Waals surface area (Å²) in [7, 11) is 0. The molecule has 156 valence electrons. The monoisotopic (exact) mass is 450 g/mol. The normalized spacial score (nSPS) is 17.3. The number of nitrogens with zero attached hydrogens (tertiary/aromatic N) is 3. The van der Waals surface area contributed by atoms with Crippen LogP contribution in [0.2, 0.25) is 5.02 Å². The van der Waals surface area contributed by atoms with Gasteiger partial charge in [-0.05, 0) is 55.4 Å². The maximum Gasteiger partial charge on any atom is 0.338 e. The summed E-state index contributed by atoms with van der Waals surface area (Å²) in [6.45, 7) is 3.95. The smallest absolute Gasteiger partial charge is 0.338 e. The molecule has 1 atom stereocenters. The van der Waals surface area contributed by atoms with Crippen LogP contribution in [0.15, 0.2) is 75.9 Å². The SMILES string of the molecule is CCOC(=O)C1=C(C)N=C2Sc3ccccc3N2C1c1cn[nH]c1-c1ccc(Cl)cc1. The first kappa shape index (κ1) is 19.9. The standard InChI is InChI=1S/C23H19ClN4O2S/c1-3-30-22(29)19-13(2)26-23-28(17-6-4-5-7-18(17)31-23)21(19)16-12-25-27-20(16)14-8-10-15(24)11-9-14/h4-12,21H,3H2,1-2H3,(H,25,27). The number of para-hydroxylation sites is 1. The van der Waals surface area contributed by atoms with Crippen LogP contribution in [-0.4, -0.2) is 27.9 Å². The lowest BCUT2D eigenvalue weighted by Crippen LogP contribution is -2.37. The highest BCUT2D eigenvalue weighted by atomic mass is 35.5. The van der Waals surface area contributed by atoms with E-state index in [1.54, 1.807) is 24.9 Å². The lowest BCUT2D eigenvalue weighted by atomic mass is 9.92. The molecule has 0 fully saturated rings. The van der Waals surface area contributed by atoms with Crippen LogP contribution in [0.1, 0.15) is 25.5 Å². The van der Waals surface area contributed by atoms with Crippen molar-refractivity contribution in [2.45, 2.75) is 24.8 Å². The van der Waals surface area contributed by atoms with Gasteiger partial charge in [-0.3, -0.25) is 5.10 Å². The Bertz CT molecular complexity index is 1230. The van der Waals surface area contributed by atoms with Gasteiger partial charge in [-0.15, -0.1) is 0 Å². The van der Waals surface area contributed by atoms with Crippen molar-refractivity contribution in [3.63, 3.8) is 0 Å². The van der Waals surface area contributed by atoms with Crippen LogP contribution in [0.3, 0.4) is 0 Å². The molecule has 31 heavy (non-hydrogen) atoms. The van der Waals surface area contributed by atoms with E-state index in [9.17, 15) is 4.79 Å². The van der Waals surface area contributed by atoms with Gasteiger partial charge < -0.3 is 9.64 Å². The van der Waals surface area contributed by atoms with Crippen molar-refractivity contribution in [2.75, 3.05) is 11.5 Å². The molecule has 0 radical (unpaired) electrons. The lowest BCUT2D eigenvalue weighted by Gasteiger charge is -2.34. The van der Waals surface area contributed by atoms with Crippen molar-refractivity contribution >= 4 is 40.2 Å². The minimum Gasteiger partial charge on any atom is -0.463 e. The van der Waals surface area contributed by atoms with Gasteiger partial charge in [0.15, 0.2) is 5.17 Å². The third-order valence-corrected chi connectivity index (χ3v) is 6.60. The molecule has 0 bridgehead atoms. The van der Waals surface area contributed by atoms with Gasteiger partial charge in [-0.25, -0.2) is 9.79 Å². The number of hydrogen-bond acceptors (Lipinski definition) is 6. The van der Waals surface area contributed by atoms with E-state index in [0.717, 1.165) is 32.6 Å². The van der Waals surface area contributed by atoms with Crippen molar-refractivity contribution in [3.05, 3.63) is 76.6 Å². The summed E-state index contributed by atoms with van der Waals surface area (Å²) < 4.78 is 5.43. The second kappa shape index (κ2) is 7.90. The fourth-order valence-corrected chi connectivity index (χ4v) is 5.19. The Morgan fingerprint density at radius 2 is 2.00 bits per heavy atom. The number of anilines is 1. The maximum absolute atomic E-state index is 13.1. The predicted octanol–water partition coefficient (Wildman–Crippen LogP) is 5.59. The average molecular weight is 451 g/mol. The van der Waals surface area contributed by atoms with Crippen LogP contribution >= 0.6 is 23.4 Å². The molecule has 0 saturated heterocycles. The molecule has 0 aliphatic carbocycles. The molecule has 6 nitrogen and oxygen atoms in total. The van der Waals surface area contributed by atoms with E-state index < -0.39 is 6.04 Å². The largest absolute Gasteiger partial charge is 0.463 e. The van der Waals surface area contributed by atoms with E-state index in [4.69, 9.17) is 21.3 Å². The molecule has 2 aliphatic heterocycles. The van der Waals surface area contributed by atoms with Crippen molar-refractivity contribution < 1.29 is 9.53 Å². The van der Waals surface area contributed by atoms with Crippen molar-refractivity contribution in [2.24, 2.45) is 4.99 Å². The predicted molar refractivity (Wildman–Crippen MR) is 123 cm³/mol. The molecule has 0 spiro atoms. The number of amidine groups is 1. The molecule has 3 aromatic rings. The number of nitrogens with one attached hydrogen (secondary N) is 1. The molecule has 1 N–H and O–H groups in total. The van der Waals surface area contributed by atoms with Gasteiger partial charge in [0, 0.05) is 15.5 Å². The highest BCUT2D eigenvalue weighted by molar-refractivity contribution is 8.14. The van der Waals surface area contributed by atoms with Crippen LogP contribution < -0.4 is 4.90 Å². The van der Waals surface area contributed by atoms with Gasteiger partial charge in [-0.1, -0.05) is 35.9 Å². The molecule has 0 saturated carbocycles. The molecule has 1 unspecified atom stereocenters. The molecule has 3 heterocycles. The van der Waals surface area contributed by atoms with Crippen LogP contribution in [0, 0.1) is 0 Å². The summed E-state index contributed by atoms with van der Waals surface area (Å²) in [4.78, 5) is 21.0. The Balaban J connectivity index is 1.71. The number of allylic oxidation sites excluding steroid dienone is 1. The highest BCUT2D eigenvalue weighted by Gasteiger charge is 2.43. The molecule has 5 rings (SSSR count). The van der Waals surface area contributed by atoms with E-state index >= 15 is 0 Å². The van der Waals surface area contributed by atoms with E-state index in [-0.39, 0.29) is 5.97 Å². The molecular formula is C23H19ClN4O2S. The summed E-state index contributed by atoms with van der Waals surface area (Å²) in [6.07, 6.45) is 1.77. The third kappa shape index (κ3) is 3.34. The zero-order valence-corrected chi connectivity index (χ0v) is 18.5. The number of thioether (sulfide) groups is 1. The van der Waals surface area contributed by atoms with Crippen LogP contribution in [0.25, 0.3) is 11.3 Å². The number of fused-ring (bicyclic) bond motifs is 3. The molecule has 0 amide bonds. The number of esters is 1. The molecule has 2 aliphatic rings. The van der Waals surface area contributed by atoms with E-state index in [1.165, 1.54) is 0 Å². The minimum atomic E-state index is -0.424. The number of benzene rings is 2. The fraction of sp³-hybridized carbons (Fsp3) is 0.174. The zero-order valence-electron chi connectivity index (χ0n) is 16.9. The Kier molecular flexibility index (Phi) is 5.08. The Morgan fingerprint density at radius 3 is 2.77 bits per heavy atom. The number of H-pyrrole nitrogens is 1. The topological polar surface area (TPSA) is 70.6 Å². The van der Waals surface area contributed by atoms with Gasteiger partial charge in [-0.2, -0.15) is 5.10 Å². The Labute approximate surface area is 189 Å². The number of aromatic nitrogens is 2. The number of halogens is 1. The summed E-state index contributed by atoms with van der Waals surface area (Å²) in [5.74, 6) is -0.370. The fourth-order valence-electron chi connectivity index (χ4n) is 3.96. The number of rotatable bonds is 4. The zero-order chi connectivity index (χ0) is 21.5. The van der Waals surface area contributed by atoms with Crippen molar-refractivity contribution in [1.82, 2.24) is 10.2 Å².